The van der Waals surface area contributed by atoms with E-state index in [4.69, 9.17) is 4.74 Å². The van der Waals surface area contributed by atoms with Crippen LogP contribution in [0, 0.1) is 5.41 Å². The summed E-state index contributed by atoms with van der Waals surface area (Å²) in [7, 11) is 0. The normalized spacial score (nSPS) is 36.7. The molecule has 3 fully saturated rings. The van der Waals surface area contributed by atoms with E-state index in [1.54, 1.807) is 4.90 Å². The minimum Gasteiger partial charge on any atom is -0.381 e. The van der Waals surface area contributed by atoms with Gasteiger partial charge in [-0.2, -0.15) is 0 Å². The van der Waals surface area contributed by atoms with Crippen molar-refractivity contribution >= 4 is 18.3 Å². The molecule has 1 amide bonds. The molecule has 3 saturated heterocycles. The van der Waals surface area contributed by atoms with Crippen molar-refractivity contribution in [1.82, 2.24) is 10.2 Å². The monoisotopic (exact) mass is 296 g/mol. The van der Waals surface area contributed by atoms with Gasteiger partial charge in [-0.3, -0.25) is 10.1 Å². The molecule has 3 aliphatic heterocycles. The highest BCUT2D eigenvalue weighted by atomic mass is 35.5. The molecule has 3 heterocycles. The maximum Gasteiger partial charge on any atom is 0.262 e. The van der Waals surface area contributed by atoms with Gasteiger partial charge in [0.25, 0.3) is 5.92 Å². The van der Waals surface area contributed by atoms with Crippen LogP contribution < -0.4 is 5.32 Å². The average Bonchev–Trinajstić information content (AvgIpc) is 3.01. The summed E-state index contributed by atoms with van der Waals surface area (Å²) in [6.45, 7) is 2.40. The van der Waals surface area contributed by atoms with E-state index in [0.717, 1.165) is 19.4 Å². The van der Waals surface area contributed by atoms with Crippen molar-refractivity contribution in [1.29, 1.82) is 0 Å². The summed E-state index contributed by atoms with van der Waals surface area (Å²) >= 11 is 0. The molecule has 19 heavy (non-hydrogen) atoms. The van der Waals surface area contributed by atoms with E-state index < -0.39 is 12.0 Å². The van der Waals surface area contributed by atoms with Crippen molar-refractivity contribution in [2.75, 3.05) is 32.8 Å². The lowest BCUT2D eigenvalue weighted by atomic mass is 9.87. The second-order valence-corrected chi connectivity index (χ2v) is 5.81. The second-order valence-electron chi connectivity index (χ2n) is 5.81. The number of hydrogen-bond donors (Lipinski definition) is 1. The molecular formula is C12H19ClF2N2O2. The fourth-order valence-corrected chi connectivity index (χ4v) is 3.21. The molecule has 110 valence electrons. The van der Waals surface area contributed by atoms with E-state index in [1.165, 1.54) is 0 Å². The van der Waals surface area contributed by atoms with Gasteiger partial charge in [0.15, 0.2) is 0 Å². The molecule has 0 aromatic rings. The fraction of sp³-hybridized carbons (Fsp3) is 0.917. The molecule has 0 aromatic heterocycles. The van der Waals surface area contributed by atoms with Gasteiger partial charge in [-0.1, -0.05) is 0 Å². The number of rotatable bonds is 1. The first kappa shape index (κ1) is 14.9. The average molecular weight is 297 g/mol. The van der Waals surface area contributed by atoms with Crippen LogP contribution in [0.25, 0.3) is 0 Å². The SMILES string of the molecule is Cl.O=C(C1CC(F)(F)CN1)N1CCC2(CCOC2)C1. The largest absolute Gasteiger partial charge is 0.381 e. The van der Waals surface area contributed by atoms with Crippen LogP contribution in [0.4, 0.5) is 8.78 Å². The summed E-state index contributed by atoms with van der Waals surface area (Å²) < 4.78 is 31.6. The van der Waals surface area contributed by atoms with Gasteiger partial charge >= 0.3 is 0 Å². The maximum atomic E-state index is 13.1. The van der Waals surface area contributed by atoms with Crippen LogP contribution in [-0.2, 0) is 9.53 Å². The number of alkyl halides is 2. The first-order valence-electron chi connectivity index (χ1n) is 6.48. The predicted molar refractivity (Wildman–Crippen MR) is 67.7 cm³/mol. The molecule has 0 radical (unpaired) electrons. The maximum absolute atomic E-state index is 13.1. The van der Waals surface area contributed by atoms with Crippen molar-refractivity contribution in [3.63, 3.8) is 0 Å². The molecule has 1 spiro atoms. The van der Waals surface area contributed by atoms with Crippen LogP contribution in [0.15, 0.2) is 0 Å². The second kappa shape index (κ2) is 5.14. The van der Waals surface area contributed by atoms with E-state index in [9.17, 15) is 13.6 Å². The Bertz CT molecular complexity index is 362. The summed E-state index contributed by atoms with van der Waals surface area (Å²) in [5.41, 5.74) is 0.0940. The third-order valence-corrected chi connectivity index (χ3v) is 4.34. The van der Waals surface area contributed by atoms with Gasteiger partial charge in [0.2, 0.25) is 5.91 Å². The zero-order chi connectivity index (χ0) is 12.8. The van der Waals surface area contributed by atoms with Crippen molar-refractivity contribution in [3.8, 4) is 0 Å². The van der Waals surface area contributed by atoms with E-state index >= 15 is 0 Å². The Labute approximate surface area is 117 Å². The third kappa shape index (κ3) is 2.85. The number of likely N-dealkylation sites (tertiary alicyclic amines) is 1. The van der Waals surface area contributed by atoms with Crippen LogP contribution >= 0.6 is 12.4 Å². The van der Waals surface area contributed by atoms with Crippen LogP contribution in [0.3, 0.4) is 0 Å². The van der Waals surface area contributed by atoms with Crippen molar-refractivity contribution in [2.45, 2.75) is 31.2 Å². The first-order chi connectivity index (χ1) is 8.50. The Hall–Kier alpha value is -0.460. The number of halogens is 3. The number of carbonyl (C=O) groups is 1. The molecule has 0 aromatic carbocycles. The smallest absolute Gasteiger partial charge is 0.262 e. The van der Waals surface area contributed by atoms with Crippen molar-refractivity contribution < 1.29 is 18.3 Å². The standard InChI is InChI=1S/C12H18F2N2O2.ClH/c13-12(14)5-9(15-6-12)10(17)16-3-1-11(7-16)2-4-18-8-11;/h9,15H,1-8H2;1H. The first-order valence-corrected chi connectivity index (χ1v) is 6.48. The topological polar surface area (TPSA) is 41.6 Å². The molecule has 7 heteroatoms. The molecule has 1 N–H and O–H groups in total. The Morgan fingerprint density at radius 2 is 2.16 bits per heavy atom. The van der Waals surface area contributed by atoms with Crippen molar-refractivity contribution in [2.24, 2.45) is 5.41 Å². The third-order valence-electron chi connectivity index (χ3n) is 4.34. The summed E-state index contributed by atoms with van der Waals surface area (Å²) in [5.74, 6) is -2.91. The Morgan fingerprint density at radius 1 is 1.37 bits per heavy atom. The number of nitrogens with zero attached hydrogens (tertiary/aromatic N) is 1. The molecule has 2 unspecified atom stereocenters. The summed E-state index contributed by atoms with van der Waals surface area (Å²) in [4.78, 5) is 13.9. The minimum atomic E-state index is -2.74. The quantitative estimate of drug-likeness (QED) is 0.786. The summed E-state index contributed by atoms with van der Waals surface area (Å²) in [5, 5.41) is 2.63. The Morgan fingerprint density at radius 3 is 2.74 bits per heavy atom. The summed E-state index contributed by atoms with van der Waals surface area (Å²) in [6, 6.07) is -0.711. The van der Waals surface area contributed by atoms with Crippen LogP contribution in [-0.4, -0.2) is 55.6 Å². The van der Waals surface area contributed by atoms with Crippen LogP contribution in [0.5, 0.6) is 0 Å². The van der Waals surface area contributed by atoms with E-state index in [-0.39, 0.29) is 36.7 Å². The molecule has 0 bridgehead atoms. The zero-order valence-electron chi connectivity index (χ0n) is 10.7. The van der Waals surface area contributed by atoms with Gasteiger partial charge in [0.05, 0.1) is 19.2 Å². The number of nitrogens with one attached hydrogen (secondary N) is 1. The molecule has 3 aliphatic rings. The highest BCUT2D eigenvalue weighted by Crippen LogP contribution is 2.39. The highest BCUT2D eigenvalue weighted by molar-refractivity contribution is 5.85. The van der Waals surface area contributed by atoms with E-state index in [1.807, 2.05) is 0 Å². The number of amides is 1. The van der Waals surface area contributed by atoms with Crippen LogP contribution in [0.1, 0.15) is 19.3 Å². The van der Waals surface area contributed by atoms with Gasteiger partial charge in [-0.15, -0.1) is 12.4 Å². The van der Waals surface area contributed by atoms with Gasteiger partial charge in [0.1, 0.15) is 0 Å². The minimum absolute atomic E-state index is 0. The van der Waals surface area contributed by atoms with E-state index in [2.05, 4.69) is 5.32 Å². The Balaban J connectivity index is 0.00000133. The van der Waals surface area contributed by atoms with E-state index in [0.29, 0.717) is 19.7 Å². The predicted octanol–water partition coefficient (Wildman–Crippen LogP) is 1.04. The Kier molecular flexibility index (Phi) is 4.05. The molecule has 2 atom stereocenters. The zero-order valence-corrected chi connectivity index (χ0v) is 11.5. The number of carbonyl (C=O) groups excluding carboxylic acids is 1. The lowest BCUT2D eigenvalue weighted by Gasteiger charge is -2.24. The molecule has 0 saturated carbocycles. The van der Waals surface area contributed by atoms with Gasteiger partial charge in [-0.25, -0.2) is 8.78 Å². The van der Waals surface area contributed by atoms with Gasteiger partial charge < -0.3 is 9.64 Å². The highest BCUT2D eigenvalue weighted by Gasteiger charge is 2.47. The van der Waals surface area contributed by atoms with Crippen LogP contribution in [0.2, 0.25) is 0 Å². The fourth-order valence-electron chi connectivity index (χ4n) is 3.21. The molecule has 3 rings (SSSR count). The van der Waals surface area contributed by atoms with Gasteiger partial charge in [0, 0.05) is 31.5 Å². The summed E-state index contributed by atoms with van der Waals surface area (Å²) in [6.07, 6.45) is 1.54. The number of hydrogen-bond acceptors (Lipinski definition) is 3. The molecule has 0 aliphatic carbocycles. The number of ether oxygens (including phenoxy) is 1. The van der Waals surface area contributed by atoms with Crippen molar-refractivity contribution in [3.05, 3.63) is 0 Å². The van der Waals surface area contributed by atoms with Gasteiger partial charge in [-0.05, 0) is 12.8 Å². The lowest BCUT2D eigenvalue weighted by Crippen LogP contribution is -2.43. The molecule has 4 nitrogen and oxygen atoms in total. The lowest BCUT2D eigenvalue weighted by molar-refractivity contribution is -0.133. The molecular weight excluding hydrogens is 278 g/mol.